The van der Waals surface area contributed by atoms with Gasteiger partial charge in [-0.1, -0.05) is 30.3 Å². The van der Waals surface area contributed by atoms with E-state index in [1.54, 1.807) is 7.11 Å². The van der Waals surface area contributed by atoms with Gasteiger partial charge in [-0.2, -0.15) is 5.26 Å². The number of nitriles is 1. The second kappa shape index (κ2) is 5.37. The Labute approximate surface area is 107 Å². The fraction of sp³-hybridized carbons (Fsp3) is 0.188. The van der Waals surface area contributed by atoms with Gasteiger partial charge in [-0.05, 0) is 41.3 Å². The average Bonchev–Trinajstić information content (AvgIpc) is 2.40. The predicted molar refractivity (Wildman–Crippen MR) is 72.5 cm³/mol. The zero-order valence-corrected chi connectivity index (χ0v) is 10.6. The van der Waals surface area contributed by atoms with Crippen molar-refractivity contribution in [2.45, 2.75) is 13.3 Å². The van der Waals surface area contributed by atoms with Crippen LogP contribution in [0.25, 0.3) is 11.1 Å². The van der Waals surface area contributed by atoms with E-state index in [2.05, 4.69) is 31.2 Å². The number of benzene rings is 2. The summed E-state index contributed by atoms with van der Waals surface area (Å²) in [5.41, 5.74) is 4.59. The highest BCUT2D eigenvalue weighted by Gasteiger charge is 2.03. The summed E-state index contributed by atoms with van der Waals surface area (Å²) in [4.78, 5) is 0. The van der Waals surface area contributed by atoms with Crippen LogP contribution >= 0.6 is 0 Å². The predicted octanol–water partition coefficient (Wildman–Crippen LogP) is 3.74. The van der Waals surface area contributed by atoms with Crippen molar-refractivity contribution < 1.29 is 4.74 Å². The van der Waals surface area contributed by atoms with Crippen molar-refractivity contribution in [3.05, 3.63) is 53.6 Å². The lowest BCUT2D eigenvalue weighted by atomic mass is 9.99. The van der Waals surface area contributed by atoms with Gasteiger partial charge in [-0.25, -0.2) is 0 Å². The zero-order valence-electron chi connectivity index (χ0n) is 10.6. The van der Waals surface area contributed by atoms with Crippen LogP contribution in [0.15, 0.2) is 42.5 Å². The third-order valence-electron chi connectivity index (χ3n) is 2.98. The Hall–Kier alpha value is -2.27. The number of hydrogen-bond donors (Lipinski definition) is 0. The molecule has 0 aliphatic carbocycles. The van der Waals surface area contributed by atoms with Crippen LogP contribution in [-0.2, 0) is 6.42 Å². The summed E-state index contributed by atoms with van der Waals surface area (Å²) in [6.45, 7) is 2.07. The molecule has 2 aromatic rings. The topological polar surface area (TPSA) is 33.0 Å². The fourth-order valence-electron chi connectivity index (χ4n) is 1.98. The van der Waals surface area contributed by atoms with E-state index >= 15 is 0 Å². The van der Waals surface area contributed by atoms with Crippen LogP contribution in [0.4, 0.5) is 0 Å². The molecule has 18 heavy (non-hydrogen) atoms. The fourth-order valence-corrected chi connectivity index (χ4v) is 1.98. The number of rotatable bonds is 3. The third-order valence-corrected chi connectivity index (χ3v) is 2.98. The van der Waals surface area contributed by atoms with Gasteiger partial charge in [0.05, 0.1) is 19.6 Å². The maximum atomic E-state index is 8.64. The number of aryl methyl sites for hydroxylation is 1. The monoisotopic (exact) mass is 237 g/mol. The molecular weight excluding hydrogens is 222 g/mol. The van der Waals surface area contributed by atoms with E-state index in [4.69, 9.17) is 10.00 Å². The van der Waals surface area contributed by atoms with Gasteiger partial charge in [0.25, 0.3) is 0 Å². The van der Waals surface area contributed by atoms with Crippen LogP contribution in [0.1, 0.15) is 11.1 Å². The Bertz CT molecular complexity index is 579. The molecule has 0 atom stereocenters. The van der Waals surface area contributed by atoms with E-state index in [9.17, 15) is 0 Å². The second-order valence-electron chi connectivity index (χ2n) is 4.21. The molecule has 0 saturated carbocycles. The van der Waals surface area contributed by atoms with Crippen molar-refractivity contribution in [3.63, 3.8) is 0 Å². The normalized spacial score (nSPS) is 9.83. The summed E-state index contributed by atoms with van der Waals surface area (Å²) >= 11 is 0. The molecule has 0 aliphatic heterocycles. The molecule has 0 radical (unpaired) electrons. The smallest absolute Gasteiger partial charge is 0.119 e. The maximum absolute atomic E-state index is 8.64. The molecule has 0 saturated heterocycles. The first-order valence-electron chi connectivity index (χ1n) is 5.85. The minimum Gasteiger partial charge on any atom is -0.497 e. The molecule has 90 valence electrons. The molecule has 2 aromatic carbocycles. The van der Waals surface area contributed by atoms with Gasteiger partial charge in [-0.15, -0.1) is 0 Å². The minimum absolute atomic E-state index is 0.460. The van der Waals surface area contributed by atoms with Crippen molar-refractivity contribution in [1.29, 1.82) is 5.26 Å². The molecule has 0 fully saturated rings. The van der Waals surface area contributed by atoms with Gasteiger partial charge in [0.15, 0.2) is 0 Å². The summed E-state index contributed by atoms with van der Waals surface area (Å²) in [5.74, 6) is 0.873. The number of nitrogens with zero attached hydrogens (tertiary/aromatic N) is 1. The summed E-state index contributed by atoms with van der Waals surface area (Å²) in [6.07, 6.45) is 0.460. The van der Waals surface area contributed by atoms with Crippen molar-refractivity contribution >= 4 is 0 Å². The number of hydrogen-bond acceptors (Lipinski definition) is 2. The van der Waals surface area contributed by atoms with Crippen LogP contribution in [0, 0.1) is 18.3 Å². The molecule has 2 nitrogen and oxygen atoms in total. The SMILES string of the molecule is COc1ccc(-c2ccc(CC#N)cc2)c(C)c1. The summed E-state index contributed by atoms with van der Waals surface area (Å²) in [5, 5.41) is 8.64. The van der Waals surface area contributed by atoms with Crippen LogP contribution in [0.2, 0.25) is 0 Å². The maximum Gasteiger partial charge on any atom is 0.119 e. The van der Waals surface area contributed by atoms with Crippen molar-refractivity contribution in [3.8, 4) is 22.9 Å². The van der Waals surface area contributed by atoms with Gasteiger partial charge in [0.1, 0.15) is 5.75 Å². The lowest BCUT2D eigenvalue weighted by Crippen LogP contribution is -1.88. The first-order valence-corrected chi connectivity index (χ1v) is 5.85. The highest BCUT2D eigenvalue weighted by molar-refractivity contribution is 5.68. The second-order valence-corrected chi connectivity index (χ2v) is 4.21. The Kier molecular flexibility index (Phi) is 3.64. The Morgan fingerprint density at radius 1 is 1.11 bits per heavy atom. The van der Waals surface area contributed by atoms with E-state index < -0.39 is 0 Å². The summed E-state index contributed by atoms with van der Waals surface area (Å²) in [6, 6.07) is 16.3. The highest BCUT2D eigenvalue weighted by atomic mass is 16.5. The lowest BCUT2D eigenvalue weighted by Gasteiger charge is -2.08. The number of ether oxygens (including phenoxy) is 1. The van der Waals surface area contributed by atoms with E-state index in [1.165, 1.54) is 11.1 Å². The van der Waals surface area contributed by atoms with E-state index in [1.807, 2.05) is 24.3 Å². The van der Waals surface area contributed by atoms with Gasteiger partial charge in [-0.3, -0.25) is 0 Å². The van der Waals surface area contributed by atoms with Crippen LogP contribution in [-0.4, -0.2) is 7.11 Å². The van der Waals surface area contributed by atoms with E-state index in [-0.39, 0.29) is 0 Å². The standard InChI is InChI=1S/C16H15NO/c1-12-11-15(18-2)7-8-16(12)14-5-3-13(4-6-14)9-10-17/h3-8,11H,9H2,1-2H3. The van der Waals surface area contributed by atoms with Gasteiger partial charge in [0, 0.05) is 0 Å². The molecular formula is C16H15NO. The Morgan fingerprint density at radius 2 is 1.83 bits per heavy atom. The number of methoxy groups -OCH3 is 1. The first-order chi connectivity index (χ1) is 8.74. The quantitative estimate of drug-likeness (QED) is 0.814. The molecule has 0 N–H and O–H groups in total. The molecule has 0 aromatic heterocycles. The zero-order chi connectivity index (χ0) is 13.0. The summed E-state index contributed by atoms with van der Waals surface area (Å²) < 4.78 is 5.20. The first kappa shape index (κ1) is 12.2. The van der Waals surface area contributed by atoms with Crippen molar-refractivity contribution in [2.75, 3.05) is 7.11 Å². The molecule has 2 heteroatoms. The molecule has 0 heterocycles. The molecule has 2 rings (SSSR count). The minimum atomic E-state index is 0.460. The van der Waals surface area contributed by atoms with Gasteiger partial charge < -0.3 is 4.74 Å². The van der Waals surface area contributed by atoms with Gasteiger partial charge >= 0.3 is 0 Å². The summed E-state index contributed by atoms with van der Waals surface area (Å²) in [7, 11) is 1.67. The Morgan fingerprint density at radius 3 is 2.39 bits per heavy atom. The van der Waals surface area contributed by atoms with E-state index in [0.717, 1.165) is 16.9 Å². The average molecular weight is 237 g/mol. The van der Waals surface area contributed by atoms with Crippen molar-refractivity contribution in [1.82, 2.24) is 0 Å². The van der Waals surface area contributed by atoms with Gasteiger partial charge in [0.2, 0.25) is 0 Å². The van der Waals surface area contributed by atoms with Crippen molar-refractivity contribution in [2.24, 2.45) is 0 Å². The van der Waals surface area contributed by atoms with E-state index in [0.29, 0.717) is 6.42 Å². The molecule has 0 amide bonds. The highest BCUT2D eigenvalue weighted by Crippen LogP contribution is 2.27. The van der Waals surface area contributed by atoms with Crippen LogP contribution in [0.5, 0.6) is 5.75 Å². The largest absolute Gasteiger partial charge is 0.497 e. The lowest BCUT2D eigenvalue weighted by molar-refractivity contribution is 0.414. The molecule has 0 spiro atoms. The van der Waals surface area contributed by atoms with Crippen LogP contribution < -0.4 is 4.74 Å². The van der Waals surface area contributed by atoms with Crippen LogP contribution in [0.3, 0.4) is 0 Å². The Balaban J connectivity index is 2.34. The molecule has 0 aliphatic rings. The third kappa shape index (κ3) is 2.52. The molecule has 0 bridgehead atoms. The molecule has 0 unspecified atom stereocenters.